The first kappa shape index (κ1) is 23.3. The molecule has 1 aliphatic rings. The van der Waals surface area contributed by atoms with E-state index in [9.17, 15) is 0 Å². The van der Waals surface area contributed by atoms with E-state index in [-0.39, 0.29) is 6.04 Å². The zero-order valence-corrected chi connectivity index (χ0v) is 20.6. The number of ether oxygens (including phenoxy) is 1. The molecule has 0 aromatic heterocycles. The monoisotopic (exact) mass is 478 g/mol. The smallest absolute Gasteiger partial charge is 0.120 e. The summed E-state index contributed by atoms with van der Waals surface area (Å²) in [5, 5.41) is 0. The molecule has 176 valence electrons. The summed E-state index contributed by atoms with van der Waals surface area (Å²) in [6.07, 6.45) is 0. The van der Waals surface area contributed by atoms with Gasteiger partial charge in [-0.2, -0.15) is 0 Å². The van der Waals surface area contributed by atoms with Crippen LogP contribution in [0.4, 0.5) is 0 Å². The van der Waals surface area contributed by atoms with E-state index >= 15 is 0 Å². The molecule has 0 amide bonds. The van der Waals surface area contributed by atoms with Crippen molar-refractivity contribution < 1.29 is 4.74 Å². The van der Waals surface area contributed by atoms with Crippen LogP contribution in [-0.2, 0) is 6.61 Å². The van der Waals surface area contributed by atoms with E-state index in [2.05, 4.69) is 94.7 Å². The zero-order valence-electron chi connectivity index (χ0n) is 19.8. The van der Waals surface area contributed by atoms with E-state index in [0.717, 1.165) is 48.0 Å². The molecule has 1 aliphatic heterocycles. The summed E-state index contributed by atoms with van der Waals surface area (Å²) < 4.78 is 6.03. The lowest BCUT2D eigenvalue weighted by atomic mass is 9.96. The van der Waals surface area contributed by atoms with Gasteiger partial charge in [-0.3, -0.25) is 4.90 Å². The lowest BCUT2D eigenvalue weighted by Crippen LogP contribution is -2.49. The van der Waals surface area contributed by atoms with Crippen LogP contribution < -0.4 is 4.74 Å². The summed E-state index contributed by atoms with van der Waals surface area (Å²) in [7, 11) is 0. The quantitative estimate of drug-likeness (QED) is 0.288. The molecular weight excluding hydrogens is 448 g/mol. The molecule has 1 saturated heterocycles. The summed E-state index contributed by atoms with van der Waals surface area (Å²) >= 11 is 5.92. The summed E-state index contributed by atoms with van der Waals surface area (Å²) in [4.78, 5) is 5.80. The van der Waals surface area contributed by atoms with E-state index in [1.807, 2.05) is 30.3 Å². The normalized spacial score (nSPS) is 14.1. The Morgan fingerprint density at radius 2 is 1.26 bits per heavy atom. The highest BCUT2D eigenvalue weighted by atomic mass is 32.1. The number of piperazine rings is 1. The molecular formula is C31H30N2OS. The van der Waals surface area contributed by atoms with Crippen LogP contribution in [0.3, 0.4) is 0 Å². The third-order valence-electron chi connectivity index (χ3n) is 6.53. The van der Waals surface area contributed by atoms with Crippen LogP contribution in [0, 0.1) is 0 Å². The predicted molar refractivity (Wildman–Crippen MR) is 147 cm³/mol. The molecule has 0 bridgehead atoms. The molecule has 4 heteroatoms. The van der Waals surface area contributed by atoms with Gasteiger partial charge in [-0.05, 0) is 28.8 Å². The second kappa shape index (κ2) is 11.3. The Balaban J connectivity index is 1.25. The van der Waals surface area contributed by atoms with Crippen molar-refractivity contribution in [2.24, 2.45) is 0 Å². The van der Waals surface area contributed by atoms with Crippen LogP contribution in [0.15, 0.2) is 115 Å². The molecule has 0 saturated carbocycles. The van der Waals surface area contributed by atoms with E-state index < -0.39 is 0 Å². The molecule has 0 aliphatic carbocycles. The molecule has 0 unspecified atom stereocenters. The number of hydrogen-bond acceptors (Lipinski definition) is 3. The zero-order chi connectivity index (χ0) is 23.9. The highest BCUT2D eigenvalue weighted by Gasteiger charge is 2.27. The summed E-state index contributed by atoms with van der Waals surface area (Å²) in [6, 6.07) is 40.3. The molecule has 0 atom stereocenters. The number of thiocarbonyl (C=S) groups is 1. The van der Waals surface area contributed by atoms with Gasteiger partial charge in [0.2, 0.25) is 0 Å². The Morgan fingerprint density at radius 3 is 1.86 bits per heavy atom. The van der Waals surface area contributed by atoms with Crippen molar-refractivity contribution in [1.82, 2.24) is 9.80 Å². The molecule has 1 heterocycles. The molecule has 4 aromatic carbocycles. The van der Waals surface area contributed by atoms with Crippen LogP contribution in [-0.4, -0.2) is 41.0 Å². The highest BCUT2D eigenvalue weighted by molar-refractivity contribution is 7.80. The van der Waals surface area contributed by atoms with Crippen molar-refractivity contribution in [2.75, 3.05) is 26.2 Å². The minimum Gasteiger partial charge on any atom is -0.489 e. The molecule has 5 rings (SSSR count). The van der Waals surface area contributed by atoms with Crippen LogP contribution in [0.2, 0.25) is 0 Å². The molecule has 0 radical (unpaired) electrons. The van der Waals surface area contributed by atoms with E-state index in [0.29, 0.717) is 6.61 Å². The van der Waals surface area contributed by atoms with Gasteiger partial charge in [-0.15, -0.1) is 0 Å². The maximum Gasteiger partial charge on any atom is 0.120 e. The lowest BCUT2D eigenvalue weighted by molar-refractivity contribution is 0.152. The highest BCUT2D eigenvalue weighted by Crippen LogP contribution is 2.30. The van der Waals surface area contributed by atoms with Gasteiger partial charge in [-0.1, -0.05) is 115 Å². The van der Waals surface area contributed by atoms with Crippen molar-refractivity contribution in [3.63, 3.8) is 0 Å². The average molecular weight is 479 g/mol. The first-order valence-corrected chi connectivity index (χ1v) is 12.6. The molecule has 0 spiro atoms. The van der Waals surface area contributed by atoms with Crippen LogP contribution in [0.5, 0.6) is 5.75 Å². The minimum atomic E-state index is 0.253. The Kier molecular flexibility index (Phi) is 7.52. The number of benzene rings is 4. The van der Waals surface area contributed by atoms with Crippen molar-refractivity contribution in [3.05, 3.63) is 138 Å². The lowest BCUT2D eigenvalue weighted by Gasteiger charge is -2.40. The molecule has 35 heavy (non-hydrogen) atoms. The summed E-state index contributed by atoms with van der Waals surface area (Å²) in [6.45, 7) is 4.28. The fraction of sp³-hybridized carbons (Fsp3) is 0.194. The van der Waals surface area contributed by atoms with Crippen LogP contribution in [0.25, 0.3) is 0 Å². The average Bonchev–Trinajstić information content (AvgIpc) is 2.94. The second-order valence-electron chi connectivity index (χ2n) is 8.85. The molecule has 0 N–H and O–H groups in total. The van der Waals surface area contributed by atoms with Crippen LogP contribution >= 0.6 is 12.2 Å². The van der Waals surface area contributed by atoms with Gasteiger partial charge in [0.25, 0.3) is 0 Å². The number of rotatable bonds is 7. The Bertz CT molecular complexity index is 1180. The Labute approximate surface area is 213 Å². The topological polar surface area (TPSA) is 15.7 Å². The Hall–Kier alpha value is -3.47. The van der Waals surface area contributed by atoms with E-state index in [1.54, 1.807) is 0 Å². The third kappa shape index (κ3) is 5.79. The van der Waals surface area contributed by atoms with Gasteiger partial charge in [0.1, 0.15) is 17.3 Å². The maximum atomic E-state index is 6.03. The predicted octanol–water partition coefficient (Wildman–Crippen LogP) is 6.35. The minimum absolute atomic E-state index is 0.253. The van der Waals surface area contributed by atoms with Gasteiger partial charge in [0, 0.05) is 31.7 Å². The first-order chi connectivity index (χ1) is 17.3. The standard InChI is InChI=1S/C31H30N2OS/c35-31(28-17-10-18-29(23-28)34-24-25-11-4-1-5-12-25)33-21-19-32(20-22-33)30(26-13-6-2-7-14-26)27-15-8-3-9-16-27/h1-18,23,30H,19-22,24H2. The number of nitrogens with zero attached hydrogens (tertiary/aromatic N) is 2. The van der Waals surface area contributed by atoms with Crippen molar-refractivity contribution in [2.45, 2.75) is 12.6 Å². The van der Waals surface area contributed by atoms with Gasteiger partial charge >= 0.3 is 0 Å². The second-order valence-corrected chi connectivity index (χ2v) is 9.24. The summed E-state index contributed by atoms with van der Waals surface area (Å²) in [5.41, 5.74) is 4.86. The SMILES string of the molecule is S=C(c1cccc(OCc2ccccc2)c1)N1CCN(C(c2ccccc2)c2ccccc2)CC1. The van der Waals surface area contributed by atoms with E-state index in [1.165, 1.54) is 11.1 Å². The third-order valence-corrected chi connectivity index (χ3v) is 7.02. The maximum absolute atomic E-state index is 6.03. The van der Waals surface area contributed by atoms with Crippen molar-refractivity contribution >= 4 is 17.2 Å². The van der Waals surface area contributed by atoms with E-state index in [4.69, 9.17) is 17.0 Å². The van der Waals surface area contributed by atoms with Gasteiger partial charge in [-0.25, -0.2) is 0 Å². The molecule has 1 fully saturated rings. The fourth-order valence-electron chi connectivity index (χ4n) is 4.71. The van der Waals surface area contributed by atoms with Gasteiger partial charge in [0.05, 0.1) is 6.04 Å². The Morgan fingerprint density at radius 1 is 0.686 bits per heavy atom. The van der Waals surface area contributed by atoms with Gasteiger partial charge in [0.15, 0.2) is 0 Å². The molecule has 3 nitrogen and oxygen atoms in total. The summed E-state index contributed by atoms with van der Waals surface area (Å²) in [5.74, 6) is 0.848. The van der Waals surface area contributed by atoms with Crippen LogP contribution in [0.1, 0.15) is 28.3 Å². The van der Waals surface area contributed by atoms with Crippen molar-refractivity contribution in [1.29, 1.82) is 0 Å². The molecule has 4 aromatic rings. The first-order valence-electron chi connectivity index (χ1n) is 12.2. The van der Waals surface area contributed by atoms with Crippen molar-refractivity contribution in [3.8, 4) is 5.75 Å². The fourth-order valence-corrected chi connectivity index (χ4v) is 5.02. The largest absolute Gasteiger partial charge is 0.489 e. The number of hydrogen-bond donors (Lipinski definition) is 0. The van der Waals surface area contributed by atoms with Gasteiger partial charge < -0.3 is 9.64 Å².